The van der Waals surface area contributed by atoms with Crippen molar-refractivity contribution in [3.63, 3.8) is 0 Å². The molecule has 3 rings (SSSR count). The number of rotatable bonds is 4. The van der Waals surface area contributed by atoms with Crippen LogP contribution in [0, 0.1) is 11.6 Å². The molecule has 6 nitrogen and oxygen atoms in total. The third-order valence-electron chi connectivity index (χ3n) is 3.28. The zero-order chi connectivity index (χ0) is 17.1. The lowest BCUT2D eigenvalue weighted by molar-refractivity contribution is 0.102. The van der Waals surface area contributed by atoms with Gasteiger partial charge in [0.05, 0.1) is 30.8 Å². The van der Waals surface area contributed by atoms with Crippen LogP contribution in [0.2, 0.25) is 0 Å². The molecule has 1 amide bonds. The molecule has 0 aliphatic heterocycles. The summed E-state index contributed by atoms with van der Waals surface area (Å²) in [5, 5.41) is 9.99. The number of aromatic nitrogens is 3. The number of halogens is 2. The van der Waals surface area contributed by atoms with Crippen molar-refractivity contribution >= 4 is 11.6 Å². The van der Waals surface area contributed by atoms with Crippen LogP contribution in [-0.2, 0) is 0 Å². The zero-order valence-electron chi connectivity index (χ0n) is 12.5. The van der Waals surface area contributed by atoms with E-state index in [9.17, 15) is 13.6 Å². The van der Waals surface area contributed by atoms with E-state index in [4.69, 9.17) is 0 Å². The summed E-state index contributed by atoms with van der Waals surface area (Å²) < 4.78 is 33.5. The maximum absolute atomic E-state index is 13.7. The first-order valence-corrected chi connectivity index (χ1v) is 6.90. The number of carbonyl (C=O) groups is 1. The number of benzene rings is 2. The van der Waals surface area contributed by atoms with Crippen LogP contribution in [0.15, 0.2) is 48.8 Å². The molecule has 0 aliphatic rings. The molecule has 0 fully saturated rings. The Balaban J connectivity index is 1.92. The molecule has 8 heteroatoms. The summed E-state index contributed by atoms with van der Waals surface area (Å²) >= 11 is 0. The Morgan fingerprint density at radius 3 is 2.54 bits per heavy atom. The molecule has 0 atom stereocenters. The Morgan fingerprint density at radius 2 is 1.92 bits per heavy atom. The number of amides is 1. The second-order valence-corrected chi connectivity index (χ2v) is 4.79. The second kappa shape index (κ2) is 6.45. The summed E-state index contributed by atoms with van der Waals surface area (Å²) in [5.41, 5.74) is 0.741. The van der Waals surface area contributed by atoms with Gasteiger partial charge < -0.3 is 10.1 Å². The topological polar surface area (TPSA) is 69.0 Å². The number of methoxy groups -OCH3 is 1. The monoisotopic (exact) mass is 330 g/mol. The largest absolute Gasteiger partial charge is 0.491 e. The van der Waals surface area contributed by atoms with Crippen LogP contribution in [-0.4, -0.2) is 28.0 Å². The number of ether oxygens (including phenoxy) is 1. The van der Waals surface area contributed by atoms with Gasteiger partial charge in [-0.15, -0.1) is 5.10 Å². The minimum absolute atomic E-state index is 0.0239. The molecule has 0 aliphatic carbocycles. The number of hydrogen-bond acceptors (Lipinski definition) is 4. The van der Waals surface area contributed by atoms with Crippen molar-refractivity contribution in [3.8, 4) is 11.4 Å². The predicted molar refractivity (Wildman–Crippen MR) is 82.2 cm³/mol. The van der Waals surface area contributed by atoms with E-state index in [0.29, 0.717) is 5.69 Å². The van der Waals surface area contributed by atoms with Gasteiger partial charge in [0.1, 0.15) is 0 Å². The molecule has 1 heterocycles. The van der Waals surface area contributed by atoms with Crippen LogP contribution >= 0.6 is 0 Å². The summed E-state index contributed by atoms with van der Waals surface area (Å²) in [5.74, 6) is -2.85. The summed E-state index contributed by atoms with van der Waals surface area (Å²) in [6, 6.07) is 8.63. The van der Waals surface area contributed by atoms with Crippen molar-refractivity contribution in [3.05, 3.63) is 66.0 Å². The van der Waals surface area contributed by atoms with E-state index in [2.05, 4.69) is 20.4 Å². The summed E-state index contributed by atoms with van der Waals surface area (Å²) in [6.07, 6.45) is 3.06. The molecule has 0 radical (unpaired) electrons. The number of para-hydroxylation sites is 1. The van der Waals surface area contributed by atoms with Gasteiger partial charge >= 0.3 is 0 Å². The van der Waals surface area contributed by atoms with Crippen LogP contribution in [0.3, 0.4) is 0 Å². The maximum atomic E-state index is 13.7. The van der Waals surface area contributed by atoms with Crippen molar-refractivity contribution in [1.82, 2.24) is 15.0 Å². The maximum Gasteiger partial charge on any atom is 0.257 e. The Morgan fingerprint density at radius 1 is 1.21 bits per heavy atom. The Labute approximate surface area is 135 Å². The van der Waals surface area contributed by atoms with Gasteiger partial charge in [0, 0.05) is 17.8 Å². The van der Waals surface area contributed by atoms with Gasteiger partial charge in [-0.3, -0.25) is 4.79 Å². The highest BCUT2D eigenvalue weighted by molar-refractivity contribution is 6.06. The molecular formula is C16H12F2N4O2. The smallest absolute Gasteiger partial charge is 0.257 e. The van der Waals surface area contributed by atoms with Crippen LogP contribution in [0.5, 0.6) is 5.75 Å². The van der Waals surface area contributed by atoms with E-state index in [1.165, 1.54) is 10.9 Å². The van der Waals surface area contributed by atoms with E-state index in [-0.39, 0.29) is 11.3 Å². The summed E-state index contributed by atoms with van der Waals surface area (Å²) in [4.78, 5) is 12.5. The molecule has 0 saturated heterocycles. The molecule has 24 heavy (non-hydrogen) atoms. The summed E-state index contributed by atoms with van der Waals surface area (Å²) in [7, 11) is 1.16. The van der Waals surface area contributed by atoms with Crippen LogP contribution in [0.4, 0.5) is 14.5 Å². The van der Waals surface area contributed by atoms with Crippen molar-refractivity contribution in [2.75, 3.05) is 12.4 Å². The molecule has 0 unspecified atom stereocenters. The molecule has 2 aromatic carbocycles. The number of nitrogens with one attached hydrogen (secondary N) is 1. The third kappa shape index (κ3) is 2.94. The van der Waals surface area contributed by atoms with Crippen LogP contribution < -0.4 is 10.1 Å². The van der Waals surface area contributed by atoms with Gasteiger partial charge in [0.15, 0.2) is 17.4 Å². The molecule has 0 saturated carbocycles. The van der Waals surface area contributed by atoms with Crippen molar-refractivity contribution in [2.45, 2.75) is 0 Å². The molecule has 1 N–H and O–H groups in total. The molecule has 122 valence electrons. The highest BCUT2D eigenvalue weighted by atomic mass is 19.1. The van der Waals surface area contributed by atoms with Crippen molar-refractivity contribution in [1.29, 1.82) is 0 Å². The van der Waals surface area contributed by atoms with Gasteiger partial charge in [-0.05, 0) is 12.1 Å². The lowest BCUT2D eigenvalue weighted by atomic mass is 10.1. The molecule has 3 aromatic rings. The van der Waals surface area contributed by atoms with E-state index < -0.39 is 23.3 Å². The Kier molecular flexibility index (Phi) is 4.19. The Hall–Kier alpha value is -3.29. The zero-order valence-corrected chi connectivity index (χ0v) is 12.5. The standard InChI is InChI=1S/C16H12F2N4O2/c1-24-15-12(17)8-10(9-13(15)18)20-16(23)11-4-2-3-5-14(11)22-7-6-19-21-22/h2-9H,1H3,(H,20,23). The Bertz CT molecular complexity index is 859. The molecule has 0 bridgehead atoms. The second-order valence-electron chi connectivity index (χ2n) is 4.79. The van der Waals surface area contributed by atoms with E-state index in [0.717, 1.165) is 19.2 Å². The lowest BCUT2D eigenvalue weighted by Gasteiger charge is -2.11. The van der Waals surface area contributed by atoms with Gasteiger partial charge in [0.2, 0.25) is 0 Å². The van der Waals surface area contributed by atoms with Gasteiger partial charge in [-0.2, -0.15) is 0 Å². The van der Waals surface area contributed by atoms with E-state index in [1.807, 2.05) is 0 Å². The van der Waals surface area contributed by atoms with E-state index in [1.54, 1.807) is 30.5 Å². The first-order chi connectivity index (χ1) is 11.6. The fourth-order valence-electron chi connectivity index (χ4n) is 2.23. The minimum atomic E-state index is -0.905. The average Bonchev–Trinajstić information content (AvgIpc) is 3.09. The number of hydrogen-bond donors (Lipinski definition) is 1. The van der Waals surface area contributed by atoms with Gasteiger partial charge in [-0.1, -0.05) is 17.3 Å². The predicted octanol–water partition coefficient (Wildman–Crippen LogP) is 2.81. The van der Waals surface area contributed by atoms with E-state index >= 15 is 0 Å². The van der Waals surface area contributed by atoms with Gasteiger partial charge in [-0.25, -0.2) is 13.5 Å². The van der Waals surface area contributed by atoms with Gasteiger partial charge in [0.25, 0.3) is 5.91 Å². The minimum Gasteiger partial charge on any atom is -0.491 e. The molecule has 1 aromatic heterocycles. The highest BCUT2D eigenvalue weighted by Crippen LogP contribution is 2.26. The quantitative estimate of drug-likeness (QED) is 0.799. The number of anilines is 1. The fraction of sp³-hybridized carbons (Fsp3) is 0.0625. The number of nitrogens with zero attached hydrogens (tertiary/aromatic N) is 3. The molecule has 0 spiro atoms. The van der Waals surface area contributed by atoms with Crippen LogP contribution in [0.25, 0.3) is 5.69 Å². The van der Waals surface area contributed by atoms with Crippen molar-refractivity contribution < 1.29 is 18.3 Å². The SMILES string of the molecule is COc1c(F)cc(NC(=O)c2ccccc2-n2ccnn2)cc1F. The van der Waals surface area contributed by atoms with Crippen molar-refractivity contribution in [2.24, 2.45) is 0 Å². The normalized spacial score (nSPS) is 10.5. The fourth-order valence-corrected chi connectivity index (χ4v) is 2.23. The summed E-state index contributed by atoms with van der Waals surface area (Å²) in [6.45, 7) is 0. The lowest BCUT2D eigenvalue weighted by Crippen LogP contribution is -2.15. The highest BCUT2D eigenvalue weighted by Gasteiger charge is 2.16. The first kappa shape index (κ1) is 15.6. The molecular weight excluding hydrogens is 318 g/mol. The third-order valence-corrected chi connectivity index (χ3v) is 3.28. The first-order valence-electron chi connectivity index (χ1n) is 6.90. The van der Waals surface area contributed by atoms with Crippen LogP contribution in [0.1, 0.15) is 10.4 Å². The number of carbonyl (C=O) groups excluding carboxylic acids is 1. The average molecular weight is 330 g/mol.